The van der Waals surface area contributed by atoms with E-state index in [1.54, 1.807) is 6.21 Å². The summed E-state index contributed by atoms with van der Waals surface area (Å²) < 4.78 is 5.64. The predicted octanol–water partition coefficient (Wildman–Crippen LogP) is 4.81. The Morgan fingerprint density at radius 3 is 2.29 bits per heavy atom. The number of ether oxygens (including phenoxy) is 1. The van der Waals surface area contributed by atoms with Crippen LogP contribution >= 0.6 is 0 Å². The first-order valence-electron chi connectivity index (χ1n) is 11.5. The van der Waals surface area contributed by atoms with E-state index in [1.165, 1.54) is 5.56 Å². The maximum Gasteiger partial charge on any atom is 0.262 e. The Hall–Kier alpha value is -3.67. The van der Waals surface area contributed by atoms with Gasteiger partial charge in [-0.15, -0.1) is 0 Å². The molecule has 0 saturated carbocycles. The Morgan fingerprint density at radius 2 is 1.65 bits per heavy atom. The second-order valence-electron chi connectivity index (χ2n) is 9.69. The number of hydrogen-bond acceptors (Lipinski definition) is 4. The molecule has 0 aliphatic carbocycles. The van der Waals surface area contributed by atoms with Crippen molar-refractivity contribution in [3.8, 4) is 5.75 Å². The molecule has 0 fully saturated rings. The first kappa shape index (κ1) is 25.0. The van der Waals surface area contributed by atoms with Crippen LogP contribution in [0.25, 0.3) is 10.8 Å². The molecular weight excluding hydrogens is 426 g/mol. The fourth-order valence-electron chi connectivity index (χ4n) is 3.47. The number of nitrogens with one attached hydrogen (secondary N) is 2. The molecule has 0 radical (unpaired) electrons. The normalized spacial score (nSPS) is 12.6. The third kappa shape index (κ3) is 6.91. The van der Waals surface area contributed by atoms with Crippen molar-refractivity contribution in [2.45, 2.75) is 46.1 Å². The fourth-order valence-corrected chi connectivity index (χ4v) is 3.47. The van der Waals surface area contributed by atoms with Crippen LogP contribution in [-0.2, 0) is 15.0 Å². The Balaban J connectivity index is 1.53. The van der Waals surface area contributed by atoms with Gasteiger partial charge in [-0.2, -0.15) is 5.10 Å². The molecule has 0 spiro atoms. The van der Waals surface area contributed by atoms with Gasteiger partial charge in [0.1, 0.15) is 11.8 Å². The maximum absolute atomic E-state index is 12.6. The molecule has 0 heterocycles. The Morgan fingerprint density at radius 1 is 0.971 bits per heavy atom. The fraction of sp³-hybridized carbons (Fsp3) is 0.321. The molecule has 0 bridgehead atoms. The number of rotatable bonds is 8. The predicted molar refractivity (Wildman–Crippen MR) is 137 cm³/mol. The summed E-state index contributed by atoms with van der Waals surface area (Å²) in [6.45, 7) is 10.0. The van der Waals surface area contributed by atoms with Crippen LogP contribution in [0.2, 0.25) is 0 Å². The summed E-state index contributed by atoms with van der Waals surface area (Å²) in [7, 11) is 0. The summed E-state index contributed by atoms with van der Waals surface area (Å²) >= 11 is 0. The van der Waals surface area contributed by atoms with Crippen molar-refractivity contribution in [3.05, 3.63) is 77.9 Å². The van der Waals surface area contributed by atoms with Gasteiger partial charge in [-0.05, 0) is 45.4 Å². The minimum absolute atomic E-state index is 0.0740. The third-order valence-electron chi connectivity index (χ3n) is 5.52. The van der Waals surface area contributed by atoms with Gasteiger partial charge in [0.15, 0.2) is 6.61 Å². The molecule has 2 amide bonds. The first-order chi connectivity index (χ1) is 16.1. The molecule has 0 aliphatic rings. The molecule has 0 aromatic heterocycles. The molecule has 1 atom stereocenters. The largest absolute Gasteiger partial charge is 0.484 e. The Bertz CT molecular complexity index is 1160. The second kappa shape index (κ2) is 11.0. The lowest BCUT2D eigenvalue weighted by Gasteiger charge is -2.20. The summed E-state index contributed by atoms with van der Waals surface area (Å²) in [6.07, 6.45) is 1.59. The van der Waals surface area contributed by atoms with Gasteiger partial charge in [-0.3, -0.25) is 9.59 Å². The SMILES string of the molecule is CC(C)[C@@H](NC(=O)COc1ccc2ccccc2c1)C(=O)N/N=C\c1ccc(C(C)(C)C)cc1. The minimum Gasteiger partial charge on any atom is -0.484 e. The number of fused-ring (bicyclic) bond motifs is 1. The van der Waals surface area contributed by atoms with Crippen molar-refractivity contribution >= 4 is 28.8 Å². The zero-order valence-electron chi connectivity index (χ0n) is 20.5. The van der Waals surface area contributed by atoms with E-state index < -0.39 is 6.04 Å². The molecule has 178 valence electrons. The number of carbonyl (C=O) groups excluding carboxylic acids is 2. The van der Waals surface area contributed by atoms with Gasteiger partial charge in [-0.1, -0.05) is 89.2 Å². The molecule has 0 saturated heterocycles. The highest BCUT2D eigenvalue weighted by atomic mass is 16.5. The lowest BCUT2D eigenvalue weighted by Crippen LogP contribution is -2.49. The van der Waals surface area contributed by atoms with Gasteiger partial charge in [0, 0.05) is 0 Å². The molecule has 34 heavy (non-hydrogen) atoms. The number of nitrogens with zero attached hydrogens (tertiary/aromatic N) is 1. The topological polar surface area (TPSA) is 79.8 Å². The molecular formula is C28H33N3O3. The molecule has 2 N–H and O–H groups in total. The van der Waals surface area contributed by atoms with E-state index in [9.17, 15) is 9.59 Å². The van der Waals surface area contributed by atoms with Crippen LogP contribution in [0.3, 0.4) is 0 Å². The van der Waals surface area contributed by atoms with Crippen LogP contribution in [0.4, 0.5) is 0 Å². The molecule has 0 unspecified atom stereocenters. The smallest absolute Gasteiger partial charge is 0.262 e. The Labute approximate surface area is 201 Å². The monoisotopic (exact) mass is 459 g/mol. The van der Waals surface area contributed by atoms with E-state index in [0.717, 1.165) is 16.3 Å². The molecule has 3 rings (SSSR count). The van der Waals surface area contributed by atoms with Crippen LogP contribution < -0.4 is 15.5 Å². The number of amides is 2. The van der Waals surface area contributed by atoms with E-state index >= 15 is 0 Å². The quantitative estimate of drug-likeness (QED) is 0.375. The molecule has 6 nitrogen and oxygen atoms in total. The lowest BCUT2D eigenvalue weighted by molar-refractivity contribution is -0.131. The molecule has 3 aromatic rings. The van der Waals surface area contributed by atoms with Crippen LogP contribution in [0.1, 0.15) is 45.7 Å². The third-order valence-corrected chi connectivity index (χ3v) is 5.52. The second-order valence-corrected chi connectivity index (χ2v) is 9.69. The lowest BCUT2D eigenvalue weighted by atomic mass is 9.87. The molecule has 3 aromatic carbocycles. The number of hydrazone groups is 1. The van der Waals surface area contributed by atoms with E-state index in [1.807, 2.05) is 68.4 Å². The van der Waals surface area contributed by atoms with Gasteiger partial charge < -0.3 is 10.1 Å². The number of hydrogen-bond donors (Lipinski definition) is 2. The van der Waals surface area contributed by atoms with Crippen LogP contribution in [0.15, 0.2) is 71.8 Å². The summed E-state index contributed by atoms with van der Waals surface area (Å²) in [5.74, 6) is -0.271. The summed E-state index contributed by atoms with van der Waals surface area (Å²) in [6, 6.07) is 20.9. The zero-order valence-corrected chi connectivity index (χ0v) is 20.5. The van der Waals surface area contributed by atoms with Gasteiger partial charge in [0.25, 0.3) is 11.8 Å². The molecule has 6 heteroatoms. The van der Waals surface area contributed by atoms with E-state index in [2.05, 4.69) is 48.7 Å². The van der Waals surface area contributed by atoms with Gasteiger partial charge in [0.2, 0.25) is 0 Å². The van der Waals surface area contributed by atoms with Gasteiger partial charge in [-0.25, -0.2) is 5.43 Å². The number of benzene rings is 3. The van der Waals surface area contributed by atoms with Crippen molar-refractivity contribution in [1.82, 2.24) is 10.7 Å². The van der Waals surface area contributed by atoms with Gasteiger partial charge >= 0.3 is 0 Å². The van der Waals surface area contributed by atoms with Crippen LogP contribution in [-0.4, -0.2) is 30.7 Å². The van der Waals surface area contributed by atoms with Crippen molar-refractivity contribution in [1.29, 1.82) is 0 Å². The van der Waals surface area contributed by atoms with Crippen LogP contribution in [0.5, 0.6) is 5.75 Å². The Kier molecular flexibility index (Phi) is 8.05. The number of carbonyl (C=O) groups is 2. The van der Waals surface area contributed by atoms with E-state index in [0.29, 0.717) is 5.75 Å². The maximum atomic E-state index is 12.6. The zero-order chi connectivity index (χ0) is 24.7. The highest BCUT2D eigenvalue weighted by Crippen LogP contribution is 2.22. The van der Waals surface area contributed by atoms with Crippen molar-refractivity contribution in [2.24, 2.45) is 11.0 Å². The summed E-state index contributed by atoms with van der Waals surface area (Å²) in [5.41, 5.74) is 4.71. The highest BCUT2D eigenvalue weighted by molar-refractivity contribution is 5.89. The van der Waals surface area contributed by atoms with Gasteiger partial charge in [0.05, 0.1) is 6.21 Å². The molecule has 0 aliphatic heterocycles. The van der Waals surface area contributed by atoms with E-state index in [4.69, 9.17) is 4.74 Å². The average molecular weight is 460 g/mol. The first-order valence-corrected chi connectivity index (χ1v) is 11.5. The minimum atomic E-state index is -0.729. The van der Waals surface area contributed by atoms with Crippen molar-refractivity contribution < 1.29 is 14.3 Å². The van der Waals surface area contributed by atoms with Crippen LogP contribution in [0, 0.1) is 5.92 Å². The van der Waals surface area contributed by atoms with Crippen molar-refractivity contribution in [3.63, 3.8) is 0 Å². The van der Waals surface area contributed by atoms with E-state index in [-0.39, 0.29) is 29.8 Å². The van der Waals surface area contributed by atoms with Crippen molar-refractivity contribution in [2.75, 3.05) is 6.61 Å². The average Bonchev–Trinajstić information content (AvgIpc) is 2.80. The summed E-state index contributed by atoms with van der Waals surface area (Å²) in [4.78, 5) is 25.1. The standard InChI is InChI=1S/C28H33N3O3/c1-19(2)26(27(33)31-29-17-20-10-13-23(14-11-20)28(3,4)5)30-25(32)18-34-24-15-12-21-8-6-7-9-22(21)16-24/h6-17,19,26H,18H2,1-5H3,(H,30,32)(H,31,33)/b29-17-/t26-/m1/s1. The highest BCUT2D eigenvalue weighted by Gasteiger charge is 2.24. The summed E-state index contributed by atoms with van der Waals surface area (Å²) in [5, 5.41) is 8.94.